The number of aromatic nitrogens is 4. The molecule has 0 bridgehead atoms. The molecule has 0 aliphatic heterocycles. The van der Waals surface area contributed by atoms with Crippen LogP contribution in [-0.4, -0.2) is 19.4 Å². The predicted molar refractivity (Wildman–Crippen MR) is 77.0 cm³/mol. The molecule has 0 atom stereocenters. The van der Waals surface area contributed by atoms with Crippen LogP contribution in [0.2, 0.25) is 0 Å². The molecule has 0 aromatic carbocycles. The van der Waals surface area contributed by atoms with Gasteiger partial charge in [-0.05, 0) is 35.0 Å². The van der Waals surface area contributed by atoms with Gasteiger partial charge >= 0.3 is 0 Å². The van der Waals surface area contributed by atoms with E-state index in [9.17, 15) is 0 Å². The van der Waals surface area contributed by atoms with Crippen LogP contribution in [0.1, 0.15) is 11.4 Å². The number of imidazole rings is 1. The maximum absolute atomic E-state index is 4.45. The smallest absolute Gasteiger partial charge is 0.155 e. The van der Waals surface area contributed by atoms with Crippen LogP contribution in [0, 0.1) is 6.92 Å². The number of halogens is 1. The Balaban J connectivity index is 1.80. The van der Waals surface area contributed by atoms with Crippen LogP contribution in [0.25, 0.3) is 5.65 Å². The Labute approximate surface area is 118 Å². The van der Waals surface area contributed by atoms with Gasteiger partial charge in [0.05, 0.1) is 30.3 Å². The summed E-state index contributed by atoms with van der Waals surface area (Å²) in [7, 11) is 0. The van der Waals surface area contributed by atoms with Crippen molar-refractivity contribution in [1.29, 1.82) is 0 Å². The third-order valence-corrected chi connectivity index (χ3v) is 3.70. The highest BCUT2D eigenvalue weighted by molar-refractivity contribution is 9.10. The minimum atomic E-state index is 0.666. The van der Waals surface area contributed by atoms with Crippen LogP contribution in [0.4, 0.5) is 5.82 Å². The largest absolute Gasteiger partial charge is 0.364 e. The van der Waals surface area contributed by atoms with Gasteiger partial charge in [0.15, 0.2) is 5.65 Å². The lowest BCUT2D eigenvalue weighted by Gasteiger charge is -2.07. The molecule has 3 heterocycles. The number of fused-ring (bicyclic) bond motifs is 1. The van der Waals surface area contributed by atoms with E-state index in [1.54, 1.807) is 12.4 Å². The fourth-order valence-corrected chi connectivity index (χ4v) is 2.07. The van der Waals surface area contributed by atoms with Gasteiger partial charge in [0, 0.05) is 16.9 Å². The molecule has 0 aliphatic carbocycles. The highest BCUT2D eigenvalue weighted by Crippen LogP contribution is 2.16. The van der Waals surface area contributed by atoms with E-state index in [1.165, 1.54) is 0 Å². The third-order valence-electron chi connectivity index (χ3n) is 2.87. The molecular weight excluding hydrogens is 306 g/mol. The Hall–Kier alpha value is -1.95. The maximum atomic E-state index is 4.45. The van der Waals surface area contributed by atoms with Gasteiger partial charge in [-0.2, -0.15) is 0 Å². The Bertz CT molecular complexity index is 722. The van der Waals surface area contributed by atoms with Gasteiger partial charge in [-0.1, -0.05) is 0 Å². The SMILES string of the molecule is Cc1nc(NCc2cnc3cnccn23)ccc1Br. The summed E-state index contributed by atoms with van der Waals surface area (Å²) in [5, 5.41) is 3.29. The van der Waals surface area contributed by atoms with Crippen LogP contribution >= 0.6 is 15.9 Å². The number of hydrogen-bond donors (Lipinski definition) is 1. The molecule has 1 N–H and O–H groups in total. The quantitative estimate of drug-likeness (QED) is 0.807. The Morgan fingerprint density at radius 1 is 1.32 bits per heavy atom. The third kappa shape index (κ3) is 2.44. The van der Waals surface area contributed by atoms with Gasteiger partial charge in [-0.25, -0.2) is 9.97 Å². The molecule has 0 radical (unpaired) electrons. The molecular formula is C13H12BrN5. The van der Waals surface area contributed by atoms with Gasteiger partial charge in [0.25, 0.3) is 0 Å². The number of nitrogens with one attached hydrogen (secondary N) is 1. The first-order valence-electron chi connectivity index (χ1n) is 5.87. The molecule has 6 heteroatoms. The van der Waals surface area contributed by atoms with E-state index in [1.807, 2.05) is 35.9 Å². The maximum Gasteiger partial charge on any atom is 0.155 e. The number of nitrogens with zero attached hydrogens (tertiary/aromatic N) is 4. The van der Waals surface area contributed by atoms with Crippen LogP contribution in [-0.2, 0) is 6.54 Å². The van der Waals surface area contributed by atoms with Crippen molar-refractivity contribution in [3.63, 3.8) is 0 Å². The summed E-state index contributed by atoms with van der Waals surface area (Å²) in [5.41, 5.74) is 2.88. The zero-order valence-corrected chi connectivity index (χ0v) is 11.9. The average Bonchev–Trinajstić information content (AvgIpc) is 2.83. The molecule has 96 valence electrons. The Kier molecular flexibility index (Phi) is 3.16. The lowest BCUT2D eigenvalue weighted by molar-refractivity contribution is 0.978. The lowest BCUT2D eigenvalue weighted by atomic mass is 10.3. The molecule has 3 rings (SSSR count). The van der Waals surface area contributed by atoms with Crippen molar-refractivity contribution in [2.24, 2.45) is 0 Å². The standard InChI is InChI=1S/C13H12BrN5/c1-9-11(14)2-3-12(18-9)16-6-10-7-17-13-8-15-4-5-19(10)13/h2-5,7-8H,6H2,1H3,(H,16,18). The lowest BCUT2D eigenvalue weighted by Crippen LogP contribution is -2.04. The van der Waals surface area contributed by atoms with Gasteiger partial charge < -0.3 is 5.32 Å². The zero-order valence-electron chi connectivity index (χ0n) is 10.3. The summed E-state index contributed by atoms with van der Waals surface area (Å²) in [6.07, 6.45) is 7.24. The number of hydrogen-bond acceptors (Lipinski definition) is 4. The van der Waals surface area contributed by atoms with Crippen molar-refractivity contribution >= 4 is 27.4 Å². The van der Waals surface area contributed by atoms with E-state index in [-0.39, 0.29) is 0 Å². The second-order valence-corrected chi connectivity index (χ2v) is 5.03. The number of rotatable bonds is 3. The summed E-state index contributed by atoms with van der Waals surface area (Å²) < 4.78 is 3.02. The average molecular weight is 318 g/mol. The number of aryl methyl sites for hydroxylation is 1. The van der Waals surface area contributed by atoms with Crippen LogP contribution in [0.15, 0.2) is 41.4 Å². The molecule has 0 saturated heterocycles. The number of pyridine rings is 1. The first-order chi connectivity index (χ1) is 9.24. The fourth-order valence-electron chi connectivity index (χ4n) is 1.85. The minimum absolute atomic E-state index is 0.666. The Morgan fingerprint density at radius 3 is 3.05 bits per heavy atom. The second kappa shape index (κ2) is 4.97. The molecule has 0 unspecified atom stereocenters. The van der Waals surface area contributed by atoms with Gasteiger partial charge in [-0.15, -0.1) is 0 Å². The molecule has 0 spiro atoms. The predicted octanol–water partition coefficient (Wildman–Crippen LogP) is 2.81. The second-order valence-electron chi connectivity index (χ2n) is 4.17. The monoisotopic (exact) mass is 317 g/mol. The summed E-state index contributed by atoms with van der Waals surface area (Å²) >= 11 is 3.44. The molecule has 19 heavy (non-hydrogen) atoms. The van der Waals surface area contributed by atoms with Gasteiger partial charge in [0.1, 0.15) is 5.82 Å². The van der Waals surface area contributed by atoms with E-state index in [2.05, 4.69) is 36.2 Å². The molecule has 0 fully saturated rings. The minimum Gasteiger partial charge on any atom is -0.364 e. The summed E-state index contributed by atoms with van der Waals surface area (Å²) in [4.78, 5) is 12.8. The van der Waals surface area contributed by atoms with E-state index in [0.29, 0.717) is 6.54 Å². The van der Waals surface area contributed by atoms with Crippen LogP contribution in [0.5, 0.6) is 0 Å². The van der Waals surface area contributed by atoms with Crippen molar-refractivity contribution in [2.75, 3.05) is 5.32 Å². The van der Waals surface area contributed by atoms with Crippen LogP contribution in [0.3, 0.4) is 0 Å². The number of anilines is 1. The van der Waals surface area contributed by atoms with Crippen LogP contribution < -0.4 is 5.32 Å². The first kappa shape index (κ1) is 12.1. The van der Waals surface area contributed by atoms with E-state index in [0.717, 1.165) is 27.3 Å². The van der Waals surface area contributed by atoms with Crippen molar-refractivity contribution in [2.45, 2.75) is 13.5 Å². The highest BCUT2D eigenvalue weighted by Gasteiger charge is 2.03. The molecule has 0 aliphatic rings. The van der Waals surface area contributed by atoms with Crippen molar-refractivity contribution in [3.05, 3.63) is 52.8 Å². The summed E-state index contributed by atoms with van der Waals surface area (Å²) in [6, 6.07) is 3.94. The zero-order chi connectivity index (χ0) is 13.2. The Morgan fingerprint density at radius 2 is 2.21 bits per heavy atom. The molecule has 3 aromatic heterocycles. The summed E-state index contributed by atoms with van der Waals surface area (Å²) in [5.74, 6) is 0.852. The first-order valence-corrected chi connectivity index (χ1v) is 6.66. The van der Waals surface area contributed by atoms with Crippen molar-refractivity contribution in [1.82, 2.24) is 19.4 Å². The van der Waals surface area contributed by atoms with E-state index >= 15 is 0 Å². The normalized spacial score (nSPS) is 10.8. The molecule has 0 amide bonds. The van der Waals surface area contributed by atoms with Gasteiger partial charge in [-0.3, -0.25) is 9.38 Å². The topological polar surface area (TPSA) is 55.1 Å². The molecule has 0 saturated carbocycles. The molecule has 3 aromatic rings. The van der Waals surface area contributed by atoms with E-state index in [4.69, 9.17) is 0 Å². The van der Waals surface area contributed by atoms with Crippen molar-refractivity contribution < 1.29 is 0 Å². The molecule has 5 nitrogen and oxygen atoms in total. The van der Waals surface area contributed by atoms with Gasteiger partial charge in [0.2, 0.25) is 0 Å². The fraction of sp³-hybridized carbons (Fsp3) is 0.154. The highest BCUT2D eigenvalue weighted by atomic mass is 79.9. The van der Waals surface area contributed by atoms with E-state index < -0.39 is 0 Å². The van der Waals surface area contributed by atoms with Crippen molar-refractivity contribution in [3.8, 4) is 0 Å². The summed E-state index contributed by atoms with van der Waals surface area (Å²) in [6.45, 7) is 2.63.